The van der Waals surface area contributed by atoms with Crippen LogP contribution in [-0.2, 0) is 20.8 Å². The summed E-state index contributed by atoms with van der Waals surface area (Å²) in [6, 6.07) is 16.1. The van der Waals surface area contributed by atoms with Crippen LogP contribution in [0.15, 0.2) is 61.2 Å². The second kappa shape index (κ2) is 11.6. The first kappa shape index (κ1) is 28.8. The van der Waals surface area contributed by atoms with Gasteiger partial charge in [0.05, 0.1) is 18.8 Å². The number of nitrogens with zero attached hydrogens (tertiary/aromatic N) is 1. The largest absolute Gasteiger partial charge is 0.445 e. The number of anilines is 1. The monoisotopic (exact) mass is 548 g/mol. The minimum atomic E-state index is -0.542. The number of ether oxygens (including phenoxy) is 3. The number of nitrogens with one attached hydrogen (secondary N) is 1. The summed E-state index contributed by atoms with van der Waals surface area (Å²) in [6.45, 7) is 15.2. The van der Waals surface area contributed by atoms with Crippen LogP contribution in [-0.4, -0.2) is 47.9 Å². The normalized spacial score (nSPS) is 31.5. The third-order valence-electron chi connectivity index (χ3n) is 8.82. The van der Waals surface area contributed by atoms with E-state index in [1.54, 1.807) is 0 Å². The molecule has 2 aliphatic heterocycles. The predicted molar refractivity (Wildman–Crippen MR) is 156 cm³/mol. The molecule has 6 atom stereocenters. The summed E-state index contributed by atoms with van der Waals surface area (Å²) in [5.41, 5.74) is 4.21. The Kier molecular flexibility index (Phi) is 8.39. The van der Waals surface area contributed by atoms with Gasteiger partial charge in [-0.3, -0.25) is 10.2 Å². The molecule has 5 rings (SSSR count). The molecule has 7 nitrogen and oxygen atoms in total. The molecule has 1 amide bonds. The lowest BCUT2D eigenvalue weighted by Gasteiger charge is -2.43. The third-order valence-corrected chi connectivity index (χ3v) is 8.82. The van der Waals surface area contributed by atoms with Crippen LogP contribution < -0.4 is 5.32 Å². The Hall–Kier alpha value is -2.71. The maximum atomic E-state index is 11.9. The molecule has 2 N–H and O–H groups in total. The van der Waals surface area contributed by atoms with Crippen LogP contribution >= 0.6 is 0 Å². The van der Waals surface area contributed by atoms with Gasteiger partial charge in [-0.25, -0.2) is 4.79 Å². The van der Waals surface area contributed by atoms with Crippen molar-refractivity contribution in [3.63, 3.8) is 0 Å². The van der Waals surface area contributed by atoms with Gasteiger partial charge in [0.1, 0.15) is 6.61 Å². The highest BCUT2D eigenvalue weighted by Crippen LogP contribution is 2.53. The lowest BCUT2D eigenvalue weighted by atomic mass is 9.65. The number of amides is 1. The fourth-order valence-electron chi connectivity index (χ4n) is 7.36. The van der Waals surface area contributed by atoms with Gasteiger partial charge in [-0.2, -0.15) is 0 Å². The van der Waals surface area contributed by atoms with Crippen molar-refractivity contribution in [2.45, 2.75) is 78.1 Å². The molecule has 40 heavy (non-hydrogen) atoms. The van der Waals surface area contributed by atoms with E-state index in [0.717, 1.165) is 29.8 Å². The number of rotatable bonds is 8. The zero-order valence-electron chi connectivity index (χ0n) is 24.3. The van der Waals surface area contributed by atoms with Crippen molar-refractivity contribution in [3.05, 3.63) is 77.9 Å². The minimum Gasteiger partial charge on any atom is -0.445 e. The van der Waals surface area contributed by atoms with Crippen LogP contribution in [0.3, 0.4) is 0 Å². The molecule has 7 heteroatoms. The van der Waals surface area contributed by atoms with E-state index in [1.165, 1.54) is 25.3 Å². The molecule has 0 radical (unpaired) electrons. The highest BCUT2D eigenvalue weighted by Gasteiger charge is 2.51. The standard InChI is InChI=1S/C33H44N2O5/c1-6-15-38-31(37)34-26-13-11-25(12-14-26)30-39-28(18-35-21-33(5)17-27(35)16-32(3,4)20-33)22(2)29(40-30)24-9-7-23(19-36)8-10-24/h6-14,22,27-30,36H,1,15-21H2,2-5H3,(H,34,37). The van der Waals surface area contributed by atoms with Gasteiger partial charge in [0.15, 0.2) is 6.29 Å². The quantitative estimate of drug-likeness (QED) is 0.362. The van der Waals surface area contributed by atoms with E-state index in [1.807, 2.05) is 36.4 Å². The summed E-state index contributed by atoms with van der Waals surface area (Å²) < 4.78 is 18.4. The smallest absolute Gasteiger partial charge is 0.411 e. The molecule has 0 spiro atoms. The molecular weight excluding hydrogens is 504 g/mol. The Labute approximate surface area is 238 Å². The summed E-state index contributed by atoms with van der Waals surface area (Å²) in [6.07, 6.45) is 4.04. The third kappa shape index (κ3) is 6.44. The van der Waals surface area contributed by atoms with Crippen LogP contribution in [0.2, 0.25) is 0 Å². The van der Waals surface area contributed by atoms with Gasteiger partial charge < -0.3 is 19.3 Å². The van der Waals surface area contributed by atoms with Crippen LogP contribution in [0.5, 0.6) is 0 Å². The number of aliphatic hydroxyl groups excluding tert-OH is 1. The first-order valence-electron chi connectivity index (χ1n) is 14.5. The number of carbonyl (C=O) groups is 1. The van der Waals surface area contributed by atoms with E-state index < -0.39 is 12.4 Å². The number of hydrogen-bond acceptors (Lipinski definition) is 6. The fraction of sp³-hybridized carbons (Fsp3) is 0.545. The summed E-state index contributed by atoms with van der Waals surface area (Å²) in [5, 5.41) is 12.3. The van der Waals surface area contributed by atoms with Gasteiger partial charge in [-0.15, -0.1) is 0 Å². The number of benzene rings is 2. The molecule has 216 valence electrons. The molecule has 2 aromatic carbocycles. The topological polar surface area (TPSA) is 80.3 Å². The number of carbonyl (C=O) groups excluding carboxylic acids is 1. The minimum absolute atomic E-state index is 0.0148. The Bertz CT molecular complexity index is 1180. The van der Waals surface area contributed by atoms with E-state index in [2.05, 4.69) is 56.6 Å². The lowest BCUT2D eigenvalue weighted by molar-refractivity contribution is -0.276. The first-order chi connectivity index (χ1) is 19.1. The molecule has 2 aromatic rings. The summed E-state index contributed by atoms with van der Waals surface area (Å²) in [7, 11) is 0. The van der Waals surface area contributed by atoms with E-state index in [0.29, 0.717) is 22.6 Å². The molecule has 2 bridgehead atoms. The first-order valence-corrected chi connectivity index (χ1v) is 14.5. The van der Waals surface area contributed by atoms with Crippen LogP contribution in [0.4, 0.5) is 10.5 Å². The molecule has 0 aromatic heterocycles. The maximum Gasteiger partial charge on any atom is 0.411 e. The molecule has 3 aliphatic rings. The molecular formula is C33H44N2O5. The highest BCUT2D eigenvalue weighted by molar-refractivity contribution is 5.84. The average molecular weight is 549 g/mol. The number of aliphatic hydroxyl groups is 1. The number of likely N-dealkylation sites (tertiary alicyclic amines) is 1. The Morgan fingerprint density at radius 2 is 1.80 bits per heavy atom. The van der Waals surface area contributed by atoms with Gasteiger partial charge in [-0.05, 0) is 53.4 Å². The second-order valence-corrected chi connectivity index (χ2v) is 13.1. The molecule has 2 saturated heterocycles. The highest BCUT2D eigenvalue weighted by atomic mass is 16.7. The molecule has 3 fully saturated rings. The molecule has 6 unspecified atom stereocenters. The maximum absolute atomic E-state index is 11.9. The van der Waals surface area contributed by atoms with Crippen LogP contribution in [0.1, 0.15) is 76.0 Å². The van der Waals surface area contributed by atoms with Gasteiger partial charge in [0.25, 0.3) is 0 Å². The van der Waals surface area contributed by atoms with Crippen molar-refractivity contribution in [3.8, 4) is 0 Å². The summed E-state index contributed by atoms with van der Waals surface area (Å²) in [5.74, 6) is 0.137. The second-order valence-electron chi connectivity index (χ2n) is 13.1. The van der Waals surface area contributed by atoms with Gasteiger partial charge in [-0.1, -0.05) is 76.7 Å². The molecule has 1 aliphatic carbocycles. The zero-order valence-corrected chi connectivity index (χ0v) is 24.3. The molecule has 2 heterocycles. The average Bonchev–Trinajstić information content (AvgIpc) is 3.16. The SMILES string of the molecule is C=CCOC(=O)Nc1ccc(C2OC(CN3CC4(C)CC3CC(C)(C)C4)C(C)C(c3ccc(CO)cc3)O2)cc1. The van der Waals surface area contributed by atoms with Gasteiger partial charge >= 0.3 is 6.09 Å². The van der Waals surface area contributed by atoms with Crippen molar-refractivity contribution in [1.29, 1.82) is 0 Å². The van der Waals surface area contributed by atoms with E-state index in [9.17, 15) is 9.90 Å². The van der Waals surface area contributed by atoms with Gasteiger partial charge in [0, 0.05) is 36.3 Å². The lowest BCUT2D eigenvalue weighted by Crippen LogP contribution is -2.46. The van der Waals surface area contributed by atoms with Crippen molar-refractivity contribution < 1.29 is 24.1 Å². The molecule has 1 saturated carbocycles. The number of hydrogen-bond donors (Lipinski definition) is 2. The van der Waals surface area contributed by atoms with Crippen molar-refractivity contribution in [2.75, 3.05) is 25.0 Å². The summed E-state index contributed by atoms with van der Waals surface area (Å²) >= 11 is 0. The Morgan fingerprint density at radius 3 is 2.48 bits per heavy atom. The fourth-order valence-corrected chi connectivity index (χ4v) is 7.36. The Balaban J connectivity index is 1.36. The van der Waals surface area contributed by atoms with Crippen molar-refractivity contribution >= 4 is 11.8 Å². The van der Waals surface area contributed by atoms with E-state index in [-0.39, 0.29) is 31.3 Å². The van der Waals surface area contributed by atoms with Crippen molar-refractivity contribution in [1.82, 2.24) is 4.90 Å². The Morgan fingerprint density at radius 1 is 1.10 bits per heavy atom. The van der Waals surface area contributed by atoms with E-state index >= 15 is 0 Å². The van der Waals surface area contributed by atoms with Crippen LogP contribution in [0, 0.1) is 16.7 Å². The number of fused-ring (bicyclic) bond motifs is 2. The predicted octanol–water partition coefficient (Wildman–Crippen LogP) is 6.61. The van der Waals surface area contributed by atoms with Crippen LogP contribution in [0.25, 0.3) is 0 Å². The summed E-state index contributed by atoms with van der Waals surface area (Å²) in [4.78, 5) is 14.6. The van der Waals surface area contributed by atoms with E-state index in [4.69, 9.17) is 14.2 Å². The zero-order chi connectivity index (χ0) is 28.5. The van der Waals surface area contributed by atoms with Crippen molar-refractivity contribution in [2.24, 2.45) is 16.7 Å². The van der Waals surface area contributed by atoms with Gasteiger partial charge in [0.2, 0.25) is 0 Å².